The molecule has 0 spiro atoms. The van der Waals surface area contributed by atoms with Gasteiger partial charge in [-0.1, -0.05) is 18.2 Å². The van der Waals surface area contributed by atoms with Gasteiger partial charge in [-0.15, -0.1) is 0 Å². The Morgan fingerprint density at radius 2 is 1.76 bits per heavy atom. The van der Waals surface area contributed by atoms with E-state index in [2.05, 4.69) is 4.90 Å². The maximum absolute atomic E-state index is 5.71. The molecule has 2 fully saturated rings. The maximum Gasteiger partial charge on any atom is 0.119 e. The number of ether oxygens (including phenoxy) is 1. The third-order valence-corrected chi connectivity index (χ3v) is 4.19. The Labute approximate surface area is 104 Å². The summed E-state index contributed by atoms with van der Waals surface area (Å²) < 4.78 is 5.71. The number of nitrogens with zero attached hydrogens (tertiary/aromatic N) is 1. The number of para-hydroxylation sites is 1. The zero-order chi connectivity index (χ0) is 11.5. The van der Waals surface area contributed by atoms with Gasteiger partial charge in [0.2, 0.25) is 0 Å². The summed E-state index contributed by atoms with van der Waals surface area (Å²) in [5.74, 6) is 3.06. The van der Waals surface area contributed by atoms with Gasteiger partial charge in [0, 0.05) is 19.6 Å². The first-order valence-corrected chi connectivity index (χ1v) is 6.82. The minimum absolute atomic E-state index is 0.843. The van der Waals surface area contributed by atoms with E-state index in [9.17, 15) is 0 Å². The average Bonchev–Trinajstić information content (AvgIpc) is 2.63. The summed E-state index contributed by atoms with van der Waals surface area (Å²) in [5, 5.41) is 0. The minimum Gasteiger partial charge on any atom is -0.494 e. The Morgan fingerprint density at radius 3 is 2.41 bits per heavy atom. The number of fused-ring (bicyclic) bond motifs is 1. The van der Waals surface area contributed by atoms with Gasteiger partial charge in [-0.25, -0.2) is 0 Å². The van der Waals surface area contributed by atoms with Crippen LogP contribution in [0, 0.1) is 11.8 Å². The van der Waals surface area contributed by atoms with Crippen molar-refractivity contribution in [2.24, 2.45) is 11.8 Å². The molecule has 2 unspecified atom stereocenters. The van der Waals surface area contributed by atoms with Crippen molar-refractivity contribution in [1.82, 2.24) is 4.90 Å². The molecule has 3 rings (SSSR count). The molecule has 92 valence electrons. The van der Waals surface area contributed by atoms with Crippen LogP contribution in [-0.2, 0) is 0 Å². The molecule has 0 radical (unpaired) electrons. The largest absolute Gasteiger partial charge is 0.494 e. The Kier molecular flexibility index (Phi) is 3.32. The second-order valence-electron chi connectivity index (χ2n) is 5.37. The third-order valence-electron chi connectivity index (χ3n) is 4.19. The number of hydrogen-bond acceptors (Lipinski definition) is 2. The molecule has 1 aliphatic carbocycles. The molecule has 2 aliphatic rings. The van der Waals surface area contributed by atoms with E-state index < -0.39 is 0 Å². The molecule has 2 nitrogen and oxygen atoms in total. The summed E-state index contributed by atoms with van der Waals surface area (Å²) >= 11 is 0. The van der Waals surface area contributed by atoms with Gasteiger partial charge in [-0.2, -0.15) is 0 Å². The first-order chi connectivity index (χ1) is 8.42. The van der Waals surface area contributed by atoms with Gasteiger partial charge in [0.15, 0.2) is 0 Å². The summed E-state index contributed by atoms with van der Waals surface area (Å²) in [5.41, 5.74) is 0. The Balaban J connectivity index is 1.33. The number of rotatable bonds is 5. The lowest BCUT2D eigenvalue weighted by Crippen LogP contribution is -2.23. The lowest BCUT2D eigenvalue weighted by Gasteiger charge is -2.28. The fourth-order valence-corrected chi connectivity index (χ4v) is 3.03. The van der Waals surface area contributed by atoms with Crippen LogP contribution in [0.1, 0.15) is 19.3 Å². The fourth-order valence-electron chi connectivity index (χ4n) is 3.03. The van der Waals surface area contributed by atoms with Crippen LogP contribution in [0.25, 0.3) is 0 Å². The van der Waals surface area contributed by atoms with Crippen molar-refractivity contribution in [2.45, 2.75) is 19.3 Å². The van der Waals surface area contributed by atoms with E-state index in [1.807, 2.05) is 30.3 Å². The van der Waals surface area contributed by atoms with E-state index in [1.165, 1.54) is 32.5 Å². The van der Waals surface area contributed by atoms with Crippen LogP contribution in [0.15, 0.2) is 30.3 Å². The van der Waals surface area contributed by atoms with E-state index in [-0.39, 0.29) is 0 Å². The highest BCUT2D eigenvalue weighted by Crippen LogP contribution is 2.40. The molecule has 1 aromatic rings. The molecule has 1 saturated carbocycles. The minimum atomic E-state index is 0.843. The molecule has 17 heavy (non-hydrogen) atoms. The van der Waals surface area contributed by atoms with Gasteiger partial charge in [-0.3, -0.25) is 0 Å². The number of likely N-dealkylation sites (tertiary alicyclic amines) is 1. The predicted molar refractivity (Wildman–Crippen MR) is 69.2 cm³/mol. The van der Waals surface area contributed by atoms with Crippen LogP contribution in [0.2, 0.25) is 0 Å². The van der Waals surface area contributed by atoms with Crippen LogP contribution < -0.4 is 4.74 Å². The lowest BCUT2D eigenvalue weighted by molar-refractivity contribution is 0.243. The summed E-state index contributed by atoms with van der Waals surface area (Å²) in [7, 11) is 0. The van der Waals surface area contributed by atoms with Crippen molar-refractivity contribution < 1.29 is 4.74 Å². The number of hydrogen-bond donors (Lipinski definition) is 0. The highest BCUT2D eigenvalue weighted by atomic mass is 16.5. The van der Waals surface area contributed by atoms with Gasteiger partial charge in [0.05, 0.1) is 6.61 Å². The Bertz CT molecular complexity index is 339. The van der Waals surface area contributed by atoms with Crippen molar-refractivity contribution >= 4 is 0 Å². The fraction of sp³-hybridized carbons (Fsp3) is 0.600. The lowest BCUT2D eigenvalue weighted by atomic mass is 9.77. The Morgan fingerprint density at radius 1 is 1.06 bits per heavy atom. The molecule has 0 bridgehead atoms. The van der Waals surface area contributed by atoms with Gasteiger partial charge in [0.1, 0.15) is 5.75 Å². The van der Waals surface area contributed by atoms with E-state index in [0.717, 1.165) is 30.6 Å². The molecule has 1 aromatic carbocycles. The highest BCUT2D eigenvalue weighted by Gasteiger charge is 2.38. The summed E-state index contributed by atoms with van der Waals surface area (Å²) in [6, 6.07) is 10.1. The van der Waals surface area contributed by atoms with Crippen molar-refractivity contribution in [3.8, 4) is 5.75 Å². The zero-order valence-corrected chi connectivity index (χ0v) is 10.3. The smallest absolute Gasteiger partial charge is 0.119 e. The van der Waals surface area contributed by atoms with Crippen LogP contribution in [0.5, 0.6) is 5.75 Å². The van der Waals surface area contributed by atoms with E-state index >= 15 is 0 Å². The Hall–Kier alpha value is -1.02. The molecule has 1 saturated heterocycles. The van der Waals surface area contributed by atoms with Gasteiger partial charge >= 0.3 is 0 Å². The van der Waals surface area contributed by atoms with Crippen molar-refractivity contribution in [3.05, 3.63) is 30.3 Å². The second kappa shape index (κ2) is 5.09. The number of benzene rings is 1. The molecule has 1 heterocycles. The van der Waals surface area contributed by atoms with Crippen LogP contribution in [0.3, 0.4) is 0 Å². The van der Waals surface area contributed by atoms with Crippen molar-refractivity contribution in [1.29, 1.82) is 0 Å². The van der Waals surface area contributed by atoms with E-state index in [0.29, 0.717) is 0 Å². The molecule has 2 atom stereocenters. The highest BCUT2D eigenvalue weighted by molar-refractivity contribution is 5.20. The molecule has 0 N–H and O–H groups in total. The molecule has 1 aliphatic heterocycles. The maximum atomic E-state index is 5.71. The normalized spacial score (nSPS) is 27.5. The van der Waals surface area contributed by atoms with Crippen LogP contribution >= 0.6 is 0 Å². The zero-order valence-electron chi connectivity index (χ0n) is 10.3. The van der Waals surface area contributed by atoms with Crippen molar-refractivity contribution in [2.75, 3.05) is 26.2 Å². The van der Waals surface area contributed by atoms with E-state index in [1.54, 1.807) is 0 Å². The van der Waals surface area contributed by atoms with Crippen LogP contribution in [0.4, 0.5) is 0 Å². The monoisotopic (exact) mass is 231 g/mol. The molecular weight excluding hydrogens is 210 g/mol. The summed E-state index contributed by atoms with van der Waals surface area (Å²) in [6.07, 6.45) is 4.09. The summed E-state index contributed by atoms with van der Waals surface area (Å²) in [6.45, 7) is 4.74. The van der Waals surface area contributed by atoms with E-state index in [4.69, 9.17) is 4.74 Å². The second-order valence-corrected chi connectivity index (χ2v) is 5.37. The third kappa shape index (κ3) is 2.63. The first kappa shape index (κ1) is 11.1. The molecule has 0 aromatic heterocycles. The first-order valence-electron chi connectivity index (χ1n) is 6.82. The van der Waals surface area contributed by atoms with Gasteiger partial charge in [0.25, 0.3) is 0 Å². The topological polar surface area (TPSA) is 12.5 Å². The molecule has 2 heteroatoms. The predicted octanol–water partition coefficient (Wildman–Crippen LogP) is 2.80. The molecular formula is C15H21NO. The summed E-state index contributed by atoms with van der Waals surface area (Å²) in [4.78, 5) is 2.62. The van der Waals surface area contributed by atoms with Gasteiger partial charge < -0.3 is 9.64 Å². The average molecular weight is 231 g/mol. The standard InChI is InChI=1S/C15H21NO/c1-2-5-15(6-3-1)17-10-4-9-16-11-13-7-8-14(13)12-16/h1-3,5-6,13-14H,4,7-12H2. The SMILES string of the molecule is c1ccc(OCCCN2CC3CCC3C2)cc1. The van der Waals surface area contributed by atoms with Gasteiger partial charge in [-0.05, 0) is 43.2 Å². The van der Waals surface area contributed by atoms with Crippen LogP contribution in [-0.4, -0.2) is 31.1 Å². The quantitative estimate of drug-likeness (QED) is 0.723. The van der Waals surface area contributed by atoms with Crippen molar-refractivity contribution in [3.63, 3.8) is 0 Å². The molecule has 0 amide bonds.